The van der Waals surface area contributed by atoms with Crippen molar-refractivity contribution in [2.75, 3.05) is 17.4 Å². The first-order valence-corrected chi connectivity index (χ1v) is 8.82. The van der Waals surface area contributed by atoms with E-state index in [9.17, 15) is 13.2 Å². The fourth-order valence-electron chi connectivity index (χ4n) is 2.89. The average molecular weight is 316 g/mol. The zero-order chi connectivity index (χ0) is 15.3. The first kappa shape index (κ1) is 13.6. The van der Waals surface area contributed by atoms with E-state index in [1.807, 2.05) is 18.2 Å². The molecule has 1 aliphatic carbocycles. The van der Waals surface area contributed by atoms with Gasteiger partial charge in [0, 0.05) is 11.9 Å². The third kappa shape index (κ3) is 2.06. The Bertz CT molecular complexity index is 867. The fraction of sp³-hybridized carbons (Fsp3) is 0.312. The smallest absolute Gasteiger partial charge is 0.265 e. The van der Waals surface area contributed by atoms with Crippen LogP contribution in [-0.4, -0.2) is 27.4 Å². The fourth-order valence-corrected chi connectivity index (χ4v) is 4.56. The molecule has 2 aliphatic rings. The molecule has 1 aliphatic heterocycles. The summed E-state index contributed by atoms with van der Waals surface area (Å²) in [6.07, 6.45) is 2.29. The first-order valence-electron chi connectivity index (χ1n) is 7.38. The molecule has 1 N–H and O–H groups in total. The maximum atomic E-state index is 12.7. The third-order valence-corrected chi connectivity index (χ3v) is 6.06. The second kappa shape index (κ2) is 4.71. The van der Waals surface area contributed by atoms with Crippen molar-refractivity contribution in [3.63, 3.8) is 0 Å². The number of rotatable bonds is 4. The molecule has 2 aromatic rings. The van der Waals surface area contributed by atoms with Crippen LogP contribution in [0.1, 0.15) is 12.8 Å². The van der Waals surface area contributed by atoms with Gasteiger partial charge >= 0.3 is 0 Å². The van der Waals surface area contributed by atoms with Gasteiger partial charge in [-0.2, -0.15) is 0 Å². The monoisotopic (exact) mass is 316 g/mol. The van der Waals surface area contributed by atoms with Gasteiger partial charge in [-0.05, 0) is 36.3 Å². The average Bonchev–Trinajstić information content (AvgIpc) is 3.30. The Labute approximate surface area is 129 Å². The van der Waals surface area contributed by atoms with Crippen molar-refractivity contribution in [3.8, 4) is 0 Å². The zero-order valence-corrected chi connectivity index (χ0v) is 12.8. The molecule has 114 valence electrons. The van der Waals surface area contributed by atoms with Crippen LogP contribution >= 0.6 is 0 Å². The molecule has 22 heavy (non-hydrogen) atoms. The van der Waals surface area contributed by atoms with E-state index in [0.717, 1.165) is 18.2 Å². The quantitative estimate of drug-likeness (QED) is 0.936. The number of carbonyl (C=O) groups excluding carboxylic acids is 1. The molecule has 0 aromatic heterocycles. The summed E-state index contributed by atoms with van der Waals surface area (Å²) in [6.45, 7) is 0.479. The Morgan fingerprint density at radius 3 is 2.64 bits per heavy atom. The van der Waals surface area contributed by atoms with Crippen LogP contribution in [0.5, 0.6) is 0 Å². The summed E-state index contributed by atoms with van der Waals surface area (Å²) in [5.74, 6) is 0.319. The SMILES string of the molecule is O=C(CN1c2cccc3cccc(c23)S1(=O)=O)NCC1CC1. The summed E-state index contributed by atoms with van der Waals surface area (Å²) in [5, 5.41) is 4.41. The molecular weight excluding hydrogens is 300 g/mol. The summed E-state index contributed by atoms with van der Waals surface area (Å²) < 4.78 is 26.6. The number of sulfonamides is 1. The predicted molar refractivity (Wildman–Crippen MR) is 84.2 cm³/mol. The van der Waals surface area contributed by atoms with Crippen molar-refractivity contribution in [3.05, 3.63) is 36.4 Å². The molecule has 0 unspecified atom stereocenters. The minimum absolute atomic E-state index is 0.164. The predicted octanol–water partition coefficient (Wildman–Crippen LogP) is 1.87. The Balaban J connectivity index is 1.69. The molecule has 0 spiro atoms. The van der Waals surface area contributed by atoms with Crippen molar-refractivity contribution in [1.29, 1.82) is 0 Å². The normalized spacial score (nSPS) is 18.6. The highest BCUT2D eigenvalue weighted by molar-refractivity contribution is 7.93. The number of nitrogens with zero attached hydrogens (tertiary/aromatic N) is 1. The Morgan fingerprint density at radius 1 is 1.18 bits per heavy atom. The number of hydrogen-bond donors (Lipinski definition) is 1. The number of nitrogens with one attached hydrogen (secondary N) is 1. The van der Waals surface area contributed by atoms with E-state index < -0.39 is 10.0 Å². The summed E-state index contributed by atoms with van der Waals surface area (Å²) in [5.41, 5.74) is 0.592. The van der Waals surface area contributed by atoms with E-state index in [0.29, 0.717) is 23.5 Å². The third-order valence-electron chi connectivity index (χ3n) is 4.25. The van der Waals surface area contributed by atoms with Gasteiger partial charge in [0.15, 0.2) is 0 Å². The van der Waals surface area contributed by atoms with Gasteiger partial charge in [0.05, 0.1) is 10.6 Å². The van der Waals surface area contributed by atoms with Gasteiger partial charge in [0.2, 0.25) is 5.91 Å². The Morgan fingerprint density at radius 2 is 1.91 bits per heavy atom. The van der Waals surface area contributed by atoms with Crippen molar-refractivity contribution in [2.24, 2.45) is 5.92 Å². The lowest BCUT2D eigenvalue weighted by Gasteiger charge is -2.18. The summed E-state index contributed by atoms with van der Waals surface area (Å²) >= 11 is 0. The minimum Gasteiger partial charge on any atom is -0.354 e. The summed E-state index contributed by atoms with van der Waals surface area (Å²) in [4.78, 5) is 12.4. The topological polar surface area (TPSA) is 66.5 Å². The van der Waals surface area contributed by atoms with Crippen molar-refractivity contribution in [1.82, 2.24) is 5.32 Å². The largest absolute Gasteiger partial charge is 0.354 e. The van der Waals surface area contributed by atoms with Crippen LogP contribution < -0.4 is 9.62 Å². The van der Waals surface area contributed by atoms with E-state index in [1.165, 1.54) is 4.31 Å². The lowest BCUT2D eigenvalue weighted by molar-refractivity contribution is -0.119. The van der Waals surface area contributed by atoms with Gasteiger partial charge < -0.3 is 5.32 Å². The van der Waals surface area contributed by atoms with Gasteiger partial charge in [-0.15, -0.1) is 0 Å². The Hall–Kier alpha value is -2.08. The van der Waals surface area contributed by atoms with Gasteiger partial charge in [0.25, 0.3) is 10.0 Å². The van der Waals surface area contributed by atoms with Gasteiger partial charge in [-0.3, -0.25) is 9.10 Å². The van der Waals surface area contributed by atoms with Crippen LogP contribution in [0, 0.1) is 5.92 Å². The van der Waals surface area contributed by atoms with Crippen molar-refractivity contribution >= 4 is 32.4 Å². The molecule has 1 amide bonds. The maximum Gasteiger partial charge on any atom is 0.265 e. The number of amides is 1. The molecule has 5 nitrogen and oxygen atoms in total. The molecule has 0 saturated heterocycles. The number of hydrogen-bond acceptors (Lipinski definition) is 3. The maximum absolute atomic E-state index is 12.7. The summed E-state index contributed by atoms with van der Waals surface area (Å²) in [6, 6.07) is 10.7. The van der Waals surface area contributed by atoms with E-state index in [4.69, 9.17) is 0 Å². The molecule has 2 aromatic carbocycles. The first-order chi connectivity index (χ1) is 10.6. The highest BCUT2D eigenvalue weighted by Gasteiger charge is 2.36. The Kier molecular flexibility index (Phi) is 2.91. The molecule has 1 saturated carbocycles. The van der Waals surface area contributed by atoms with E-state index >= 15 is 0 Å². The molecule has 6 heteroatoms. The van der Waals surface area contributed by atoms with Gasteiger partial charge in [-0.1, -0.05) is 24.3 Å². The van der Waals surface area contributed by atoms with Crippen LogP contribution in [-0.2, 0) is 14.8 Å². The molecule has 0 radical (unpaired) electrons. The lowest BCUT2D eigenvalue weighted by atomic mass is 10.1. The minimum atomic E-state index is -3.64. The molecular formula is C16H16N2O3S. The standard InChI is InChI=1S/C16H16N2O3S/c19-15(17-9-11-7-8-11)10-18-13-5-1-3-12-4-2-6-14(16(12)13)22(18,20)21/h1-6,11H,7-10H2,(H,17,19). The van der Waals surface area contributed by atoms with Crippen LogP contribution in [0.15, 0.2) is 41.3 Å². The highest BCUT2D eigenvalue weighted by atomic mass is 32.2. The second-order valence-electron chi connectivity index (χ2n) is 5.89. The number of benzene rings is 2. The molecule has 0 bridgehead atoms. The van der Waals surface area contributed by atoms with Gasteiger partial charge in [0.1, 0.15) is 6.54 Å². The van der Waals surface area contributed by atoms with E-state index in [2.05, 4.69) is 5.32 Å². The molecule has 1 fully saturated rings. The zero-order valence-electron chi connectivity index (χ0n) is 12.0. The van der Waals surface area contributed by atoms with Crippen LogP contribution in [0.25, 0.3) is 10.8 Å². The number of anilines is 1. The van der Waals surface area contributed by atoms with Gasteiger partial charge in [-0.25, -0.2) is 8.42 Å². The van der Waals surface area contributed by atoms with Crippen LogP contribution in [0.2, 0.25) is 0 Å². The summed E-state index contributed by atoms with van der Waals surface area (Å²) in [7, 11) is -3.64. The van der Waals surface area contributed by atoms with Crippen LogP contribution in [0.3, 0.4) is 0 Å². The van der Waals surface area contributed by atoms with E-state index in [1.54, 1.807) is 18.2 Å². The van der Waals surface area contributed by atoms with Crippen molar-refractivity contribution in [2.45, 2.75) is 17.7 Å². The lowest BCUT2D eigenvalue weighted by Crippen LogP contribution is -2.39. The molecule has 4 rings (SSSR count). The number of carbonyl (C=O) groups is 1. The van der Waals surface area contributed by atoms with Crippen LogP contribution in [0.4, 0.5) is 5.69 Å². The molecule has 1 heterocycles. The highest BCUT2D eigenvalue weighted by Crippen LogP contribution is 2.41. The second-order valence-corrected chi connectivity index (χ2v) is 7.72. The van der Waals surface area contributed by atoms with E-state index in [-0.39, 0.29) is 17.3 Å². The molecule has 0 atom stereocenters. The van der Waals surface area contributed by atoms with Crippen molar-refractivity contribution < 1.29 is 13.2 Å².